The fourth-order valence-electron chi connectivity index (χ4n) is 4.82. The first-order valence-corrected chi connectivity index (χ1v) is 15.3. The minimum Gasteiger partial charge on any atom is -0.396 e. The van der Waals surface area contributed by atoms with Gasteiger partial charge in [-0.3, -0.25) is 0 Å². The van der Waals surface area contributed by atoms with Crippen molar-refractivity contribution >= 4 is 0 Å². The van der Waals surface area contributed by atoms with E-state index in [1.165, 1.54) is 161 Å². The highest BCUT2D eigenvalue weighted by molar-refractivity contribution is 4.60. The van der Waals surface area contributed by atoms with Crippen LogP contribution in [0.15, 0.2) is 0 Å². The van der Waals surface area contributed by atoms with E-state index in [0.717, 1.165) is 12.8 Å². The molecule has 0 rings (SSSR count). The second-order valence-electron chi connectivity index (χ2n) is 10.4. The minimum atomic E-state index is 0.364. The molecule has 3 nitrogen and oxygen atoms in total. The zero-order valence-electron chi connectivity index (χ0n) is 22.8. The number of aliphatic hydroxyl groups excluding tert-OH is 2. The van der Waals surface area contributed by atoms with Crippen molar-refractivity contribution in [3.05, 3.63) is 0 Å². The maximum Gasteiger partial charge on any atom is 0.0431 e. The molecule has 0 heterocycles. The average molecular weight is 470 g/mol. The van der Waals surface area contributed by atoms with Crippen LogP contribution in [0.3, 0.4) is 0 Å². The smallest absolute Gasteiger partial charge is 0.0431 e. The van der Waals surface area contributed by atoms with Crippen LogP contribution in [0.1, 0.15) is 161 Å². The van der Waals surface area contributed by atoms with Gasteiger partial charge in [0.1, 0.15) is 0 Å². The van der Waals surface area contributed by atoms with Gasteiger partial charge in [0.25, 0.3) is 0 Å². The number of rotatable bonds is 29. The predicted molar refractivity (Wildman–Crippen MR) is 147 cm³/mol. The van der Waals surface area contributed by atoms with Gasteiger partial charge in [0, 0.05) is 13.2 Å². The van der Waals surface area contributed by atoms with E-state index in [0.29, 0.717) is 13.2 Å². The maximum absolute atomic E-state index is 8.82. The lowest BCUT2D eigenvalue weighted by Gasteiger charge is -2.22. The molecule has 0 saturated carbocycles. The van der Waals surface area contributed by atoms with Crippen LogP contribution in [0.2, 0.25) is 0 Å². The van der Waals surface area contributed by atoms with Crippen LogP contribution in [-0.4, -0.2) is 48.0 Å². The summed E-state index contributed by atoms with van der Waals surface area (Å²) < 4.78 is 0. The molecule has 0 radical (unpaired) electrons. The van der Waals surface area contributed by atoms with Gasteiger partial charge in [0.15, 0.2) is 0 Å². The van der Waals surface area contributed by atoms with Gasteiger partial charge in [0.05, 0.1) is 0 Å². The zero-order valence-corrected chi connectivity index (χ0v) is 22.8. The Balaban J connectivity index is 3.67. The number of nitrogens with zero attached hydrogens (tertiary/aromatic N) is 1. The molecule has 0 aliphatic rings. The third-order valence-electron chi connectivity index (χ3n) is 7.09. The van der Waals surface area contributed by atoms with Crippen LogP contribution in [0.25, 0.3) is 0 Å². The Hall–Kier alpha value is -0.120. The number of hydrogen-bond acceptors (Lipinski definition) is 3. The molecule has 0 aliphatic heterocycles. The standard InChI is InChI=1S/C30H63NO2/c1-2-3-4-21-26-31(27-22-17-13-9-5-7-11-15-19-24-29-32)28-23-18-14-10-6-8-12-16-20-25-30-33/h32-33H,2-30H2,1H3. The fourth-order valence-corrected chi connectivity index (χ4v) is 4.82. The van der Waals surface area contributed by atoms with Crippen LogP contribution in [0.4, 0.5) is 0 Å². The third kappa shape index (κ3) is 28.0. The number of unbranched alkanes of at least 4 members (excludes halogenated alkanes) is 21. The number of aliphatic hydroxyl groups is 2. The van der Waals surface area contributed by atoms with E-state index in [4.69, 9.17) is 10.2 Å². The lowest BCUT2D eigenvalue weighted by Crippen LogP contribution is -2.27. The Kier molecular flexibility index (Phi) is 29.8. The topological polar surface area (TPSA) is 43.7 Å². The van der Waals surface area contributed by atoms with Gasteiger partial charge in [-0.15, -0.1) is 0 Å². The van der Waals surface area contributed by atoms with Crippen molar-refractivity contribution in [3.8, 4) is 0 Å². The average Bonchev–Trinajstić information content (AvgIpc) is 2.83. The molecule has 2 N–H and O–H groups in total. The molecule has 0 aliphatic carbocycles. The van der Waals surface area contributed by atoms with E-state index < -0.39 is 0 Å². The minimum absolute atomic E-state index is 0.364. The summed E-state index contributed by atoms with van der Waals surface area (Å²) in [6.45, 7) is 7.00. The van der Waals surface area contributed by atoms with Gasteiger partial charge in [-0.2, -0.15) is 0 Å². The molecule has 0 fully saturated rings. The highest BCUT2D eigenvalue weighted by atomic mass is 16.3. The lowest BCUT2D eigenvalue weighted by atomic mass is 10.1. The van der Waals surface area contributed by atoms with Crippen molar-refractivity contribution in [3.63, 3.8) is 0 Å². The molecule has 0 aromatic heterocycles. The van der Waals surface area contributed by atoms with Gasteiger partial charge in [-0.1, -0.05) is 129 Å². The van der Waals surface area contributed by atoms with E-state index in [2.05, 4.69) is 11.8 Å². The summed E-state index contributed by atoms with van der Waals surface area (Å²) in [7, 11) is 0. The fraction of sp³-hybridized carbons (Fsp3) is 1.00. The largest absolute Gasteiger partial charge is 0.396 e. The van der Waals surface area contributed by atoms with Crippen LogP contribution in [0.5, 0.6) is 0 Å². The lowest BCUT2D eigenvalue weighted by molar-refractivity contribution is 0.254. The molecule has 0 atom stereocenters. The Morgan fingerprint density at radius 2 is 0.576 bits per heavy atom. The summed E-state index contributed by atoms with van der Waals surface area (Å²) in [4.78, 5) is 2.78. The highest BCUT2D eigenvalue weighted by Crippen LogP contribution is 2.13. The maximum atomic E-state index is 8.82. The monoisotopic (exact) mass is 469 g/mol. The van der Waals surface area contributed by atoms with E-state index in [-0.39, 0.29) is 0 Å². The first-order chi connectivity index (χ1) is 16.3. The first kappa shape index (κ1) is 32.9. The highest BCUT2D eigenvalue weighted by Gasteiger charge is 2.05. The van der Waals surface area contributed by atoms with Gasteiger partial charge >= 0.3 is 0 Å². The second-order valence-corrected chi connectivity index (χ2v) is 10.4. The molecule has 0 spiro atoms. The Bertz CT molecular complexity index is 311. The Morgan fingerprint density at radius 3 is 0.848 bits per heavy atom. The van der Waals surface area contributed by atoms with E-state index in [1.807, 2.05) is 0 Å². The van der Waals surface area contributed by atoms with Crippen LogP contribution in [-0.2, 0) is 0 Å². The van der Waals surface area contributed by atoms with Gasteiger partial charge in [-0.25, -0.2) is 0 Å². The SMILES string of the molecule is CCCCCCN(CCCCCCCCCCCCO)CCCCCCCCCCCCO. The molecular weight excluding hydrogens is 406 g/mol. The summed E-state index contributed by atoms with van der Waals surface area (Å²) in [6, 6.07) is 0. The molecule has 0 unspecified atom stereocenters. The molecule has 0 aromatic carbocycles. The van der Waals surface area contributed by atoms with Crippen LogP contribution < -0.4 is 0 Å². The van der Waals surface area contributed by atoms with Gasteiger partial charge in [0.2, 0.25) is 0 Å². The molecule has 33 heavy (non-hydrogen) atoms. The molecular formula is C30H63NO2. The van der Waals surface area contributed by atoms with Gasteiger partial charge in [-0.05, 0) is 51.7 Å². The quantitative estimate of drug-likeness (QED) is 0.108. The zero-order chi connectivity index (χ0) is 24.1. The Morgan fingerprint density at radius 1 is 0.333 bits per heavy atom. The van der Waals surface area contributed by atoms with Gasteiger partial charge < -0.3 is 15.1 Å². The van der Waals surface area contributed by atoms with Crippen molar-refractivity contribution in [2.45, 2.75) is 161 Å². The van der Waals surface area contributed by atoms with Crippen molar-refractivity contribution in [1.29, 1.82) is 0 Å². The molecule has 0 aromatic rings. The molecule has 0 bridgehead atoms. The molecule has 200 valence electrons. The van der Waals surface area contributed by atoms with E-state index >= 15 is 0 Å². The summed E-state index contributed by atoms with van der Waals surface area (Å²) in [6.07, 6.45) is 32.1. The third-order valence-corrected chi connectivity index (χ3v) is 7.09. The summed E-state index contributed by atoms with van der Waals surface area (Å²) in [5.41, 5.74) is 0. The van der Waals surface area contributed by atoms with Crippen LogP contribution >= 0.6 is 0 Å². The number of hydrogen-bond donors (Lipinski definition) is 2. The normalized spacial score (nSPS) is 11.6. The molecule has 0 saturated heterocycles. The molecule has 3 heteroatoms. The first-order valence-electron chi connectivity index (χ1n) is 15.3. The van der Waals surface area contributed by atoms with Crippen LogP contribution in [0, 0.1) is 0 Å². The Labute approximate surface area is 209 Å². The van der Waals surface area contributed by atoms with Crippen molar-refractivity contribution in [2.75, 3.05) is 32.8 Å². The van der Waals surface area contributed by atoms with E-state index in [1.54, 1.807) is 0 Å². The molecule has 0 amide bonds. The van der Waals surface area contributed by atoms with Crippen molar-refractivity contribution in [2.24, 2.45) is 0 Å². The summed E-state index contributed by atoms with van der Waals surface area (Å²) in [5, 5.41) is 17.6. The van der Waals surface area contributed by atoms with E-state index in [9.17, 15) is 0 Å². The predicted octanol–water partition coefficient (Wildman–Crippen LogP) is 8.66. The van der Waals surface area contributed by atoms with Crippen molar-refractivity contribution in [1.82, 2.24) is 4.90 Å². The summed E-state index contributed by atoms with van der Waals surface area (Å²) in [5.74, 6) is 0. The van der Waals surface area contributed by atoms with Crippen molar-refractivity contribution < 1.29 is 10.2 Å². The second kappa shape index (κ2) is 29.9. The summed E-state index contributed by atoms with van der Waals surface area (Å²) >= 11 is 0.